The van der Waals surface area contributed by atoms with Crippen molar-refractivity contribution in [2.45, 2.75) is 0 Å². The molecule has 0 aromatic heterocycles. The molecular weight excluding hydrogens is 318 g/mol. The van der Waals surface area contributed by atoms with Gasteiger partial charge in [-0.05, 0) is 12.1 Å². The molecule has 0 radical (unpaired) electrons. The fourth-order valence-electron chi connectivity index (χ4n) is 2.43. The molecule has 1 aliphatic heterocycles. The van der Waals surface area contributed by atoms with E-state index < -0.39 is 22.0 Å². The van der Waals surface area contributed by atoms with Crippen LogP contribution in [0.5, 0.6) is 0 Å². The predicted octanol–water partition coefficient (Wildman–Crippen LogP) is -2.04. The molecule has 1 heterocycles. The van der Waals surface area contributed by atoms with Crippen LogP contribution < -0.4 is 26.5 Å². The van der Waals surface area contributed by atoms with Crippen molar-refractivity contribution in [2.75, 3.05) is 12.0 Å². The van der Waals surface area contributed by atoms with E-state index in [9.17, 15) is 25.6 Å². The lowest BCUT2D eigenvalue weighted by molar-refractivity contribution is -0.996. The Bertz CT molecular complexity index is 898. The van der Waals surface area contributed by atoms with Gasteiger partial charge in [0.25, 0.3) is 5.91 Å². The number of para-hydroxylation sites is 1. The van der Waals surface area contributed by atoms with Gasteiger partial charge in [-0.25, -0.2) is 10.4 Å². The maximum Gasteiger partial charge on any atom is 0.264 e. The maximum absolute atomic E-state index is 12.6. The molecule has 124 valence electrons. The van der Waals surface area contributed by atoms with Crippen LogP contribution in [-0.2, 0) is 0 Å². The minimum absolute atomic E-state index is 0.0132. The van der Waals surface area contributed by atoms with Crippen LogP contribution in [-0.4, -0.2) is 23.0 Å². The highest BCUT2D eigenvalue weighted by Crippen LogP contribution is 2.13. The van der Waals surface area contributed by atoms with E-state index in [2.05, 4.69) is 15.3 Å². The third-order valence-electron chi connectivity index (χ3n) is 3.45. The third-order valence-corrected chi connectivity index (χ3v) is 3.45. The largest absolute Gasteiger partial charge is 0.595 e. The molecule has 2 aromatic rings. The Morgan fingerprint density at radius 1 is 1.04 bits per heavy atom. The summed E-state index contributed by atoms with van der Waals surface area (Å²) in [5.41, 5.74) is -0.446. The molecular formula is C14H13N5O5. The van der Waals surface area contributed by atoms with Gasteiger partial charge in [-0.3, -0.25) is 14.8 Å². The summed E-state index contributed by atoms with van der Waals surface area (Å²) < 4.78 is 0. The van der Waals surface area contributed by atoms with Gasteiger partial charge in [-0.2, -0.15) is 10.5 Å². The first kappa shape index (κ1) is 16.1. The van der Waals surface area contributed by atoms with Crippen LogP contribution in [0.3, 0.4) is 0 Å². The third kappa shape index (κ3) is 2.88. The topological polar surface area (TPSA) is 149 Å². The molecule has 0 saturated heterocycles. The number of fused-ring (bicyclic) bond motifs is 1. The van der Waals surface area contributed by atoms with Crippen molar-refractivity contribution in [3.8, 4) is 0 Å². The highest BCUT2D eigenvalue weighted by Gasteiger charge is 2.26. The van der Waals surface area contributed by atoms with Crippen molar-refractivity contribution < 1.29 is 25.7 Å². The number of nitrogens with zero attached hydrogens (tertiary/aromatic N) is 2. The average molecular weight is 331 g/mol. The lowest BCUT2D eigenvalue weighted by Gasteiger charge is -2.18. The number of amides is 1. The summed E-state index contributed by atoms with van der Waals surface area (Å²) >= 11 is 0. The molecule has 5 N–H and O–H groups in total. The SMILES string of the molecule is O=C(Nc1ccccc1)c1c([NH+]([O-])O)cc([NH+]([O-])O)c2c1=NCN=2. The number of hydrogen-bond acceptors (Lipinski definition) is 7. The summed E-state index contributed by atoms with van der Waals surface area (Å²) in [6.45, 7) is -0.0513. The molecule has 0 spiro atoms. The minimum Gasteiger partial charge on any atom is -0.595 e. The van der Waals surface area contributed by atoms with E-state index in [0.29, 0.717) is 5.69 Å². The fourth-order valence-corrected chi connectivity index (χ4v) is 2.43. The van der Waals surface area contributed by atoms with Gasteiger partial charge in [0.15, 0.2) is 16.7 Å². The number of hydrogen-bond donors (Lipinski definition) is 5. The predicted molar refractivity (Wildman–Crippen MR) is 79.6 cm³/mol. The quantitative estimate of drug-likeness (QED) is 0.409. The first-order chi connectivity index (χ1) is 11.5. The Labute approximate surface area is 134 Å². The molecule has 0 saturated carbocycles. The maximum atomic E-state index is 12.6. The second-order valence-corrected chi connectivity index (χ2v) is 4.93. The van der Waals surface area contributed by atoms with Gasteiger partial charge in [-0.1, -0.05) is 18.2 Å². The number of anilines is 1. The van der Waals surface area contributed by atoms with Gasteiger partial charge in [-0.15, -0.1) is 0 Å². The van der Waals surface area contributed by atoms with Gasteiger partial charge < -0.3 is 15.7 Å². The average Bonchev–Trinajstić information content (AvgIpc) is 3.02. The molecule has 0 fully saturated rings. The van der Waals surface area contributed by atoms with Crippen molar-refractivity contribution in [1.29, 1.82) is 0 Å². The standard InChI is InChI=1S/C14H13N5O5/c20-14(17-8-4-2-1-3-5-8)11-9(18(21)22)6-10(19(23)24)12-13(11)16-7-15-12/h1-6,18-19,21,23H,7H2,(H,17,20). The normalized spacial score (nSPS) is 15.0. The Hall–Kier alpha value is -2.73. The molecule has 10 nitrogen and oxygen atoms in total. The van der Waals surface area contributed by atoms with E-state index in [4.69, 9.17) is 0 Å². The number of quaternary nitrogens is 2. The number of carbonyl (C=O) groups is 1. The number of benzene rings is 2. The highest BCUT2D eigenvalue weighted by molar-refractivity contribution is 6.07. The molecule has 1 amide bonds. The van der Waals surface area contributed by atoms with Gasteiger partial charge in [0.1, 0.15) is 17.6 Å². The van der Waals surface area contributed by atoms with Crippen molar-refractivity contribution >= 4 is 23.0 Å². The fraction of sp³-hybridized carbons (Fsp3) is 0.0714. The van der Waals surface area contributed by atoms with E-state index in [1.807, 2.05) is 0 Å². The summed E-state index contributed by atoms with van der Waals surface area (Å²) in [5, 5.41) is 41.3. The Morgan fingerprint density at radius 3 is 2.29 bits per heavy atom. The Kier molecular flexibility index (Phi) is 4.31. The molecule has 3 rings (SSSR count). The van der Waals surface area contributed by atoms with Gasteiger partial charge >= 0.3 is 0 Å². The van der Waals surface area contributed by atoms with Gasteiger partial charge in [0.2, 0.25) is 0 Å². The van der Waals surface area contributed by atoms with Crippen molar-refractivity contribution in [3.05, 3.63) is 63.1 Å². The molecule has 24 heavy (non-hydrogen) atoms. The van der Waals surface area contributed by atoms with Crippen LogP contribution >= 0.6 is 0 Å². The lowest BCUT2D eigenvalue weighted by atomic mass is 10.1. The van der Waals surface area contributed by atoms with E-state index in [0.717, 1.165) is 6.07 Å². The van der Waals surface area contributed by atoms with E-state index in [-0.39, 0.29) is 28.6 Å². The second-order valence-electron chi connectivity index (χ2n) is 4.93. The van der Waals surface area contributed by atoms with E-state index in [1.165, 1.54) is 0 Å². The van der Waals surface area contributed by atoms with E-state index in [1.54, 1.807) is 30.3 Å². The second kappa shape index (κ2) is 6.41. The Balaban J connectivity index is 2.16. The molecule has 10 heteroatoms. The smallest absolute Gasteiger partial charge is 0.264 e. The molecule has 2 unspecified atom stereocenters. The van der Waals surface area contributed by atoms with Crippen molar-refractivity contribution in [3.63, 3.8) is 0 Å². The summed E-state index contributed by atoms with van der Waals surface area (Å²) in [6.07, 6.45) is 0. The summed E-state index contributed by atoms with van der Waals surface area (Å²) in [4.78, 5) is 20.5. The molecule has 1 aliphatic rings. The summed E-state index contributed by atoms with van der Waals surface area (Å²) in [5.74, 6) is -0.687. The lowest BCUT2D eigenvalue weighted by Crippen LogP contribution is -3.02. The number of carbonyl (C=O) groups excluding carboxylic acids is 1. The summed E-state index contributed by atoms with van der Waals surface area (Å²) in [7, 11) is 0. The zero-order chi connectivity index (χ0) is 17.3. The van der Waals surface area contributed by atoms with Gasteiger partial charge in [0.05, 0.1) is 6.07 Å². The monoisotopic (exact) mass is 331 g/mol. The molecule has 0 bridgehead atoms. The van der Waals surface area contributed by atoms with Crippen LogP contribution in [0.4, 0.5) is 17.1 Å². The first-order valence-corrected chi connectivity index (χ1v) is 6.88. The van der Waals surface area contributed by atoms with Crippen molar-refractivity contribution in [2.24, 2.45) is 9.98 Å². The van der Waals surface area contributed by atoms with Crippen molar-refractivity contribution in [1.82, 2.24) is 0 Å². The van der Waals surface area contributed by atoms with E-state index >= 15 is 0 Å². The molecule has 2 aromatic carbocycles. The zero-order valence-electron chi connectivity index (χ0n) is 12.2. The van der Waals surface area contributed by atoms with Crippen LogP contribution in [0.15, 0.2) is 46.4 Å². The Morgan fingerprint density at radius 2 is 1.67 bits per heavy atom. The van der Waals surface area contributed by atoms with Gasteiger partial charge in [0, 0.05) is 5.69 Å². The molecule has 0 aliphatic carbocycles. The minimum atomic E-state index is -1.42. The number of nitrogens with one attached hydrogen (secondary N) is 3. The molecule has 2 atom stereocenters. The van der Waals surface area contributed by atoms with Crippen LogP contribution in [0.2, 0.25) is 0 Å². The van der Waals surface area contributed by atoms with Crippen LogP contribution in [0.25, 0.3) is 0 Å². The summed E-state index contributed by atoms with van der Waals surface area (Å²) in [6, 6.07) is 9.42. The van der Waals surface area contributed by atoms with Crippen LogP contribution in [0.1, 0.15) is 10.4 Å². The first-order valence-electron chi connectivity index (χ1n) is 6.88. The van der Waals surface area contributed by atoms with Crippen LogP contribution in [0, 0.1) is 10.4 Å². The zero-order valence-corrected chi connectivity index (χ0v) is 12.2. The highest BCUT2D eigenvalue weighted by atomic mass is 16.8. The number of rotatable bonds is 4.